The maximum atomic E-state index is 2.95. The van der Waals surface area contributed by atoms with Crippen molar-refractivity contribution in [1.82, 2.24) is 0 Å². The van der Waals surface area contributed by atoms with E-state index in [1.807, 2.05) is 0 Å². The van der Waals surface area contributed by atoms with Crippen molar-refractivity contribution >= 4 is 955 Å². The fourth-order valence-electron chi connectivity index (χ4n) is 39.8. The maximum absolute atomic E-state index is 2.95. The van der Waals surface area contributed by atoms with E-state index >= 15 is 0 Å². The largest absolute Gasteiger partial charge is 0.0556 e. The van der Waals surface area contributed by atoms with Crippen molar-refractivity contribution in [2.75, 3.05) is 0 Å². The van der Waals surface area contributed by atoms with E-state index < -0.39 is 0 Å². The van der Waals surface area contributed by atoms with E-state index in [1.54, 1.807) is 0 Å². The first-order chi connectivity index (χ1) is 61.4. The van der Waals surface area contributed by atoms with Crippen LogP contribution in [0.4, 0.5) is 0 Å². The third-order valence-corrected chi connectivity index (χ3v) is 40.0. The lowest BCUT2D eigenvalue weighted by Gasteiger charge is -2.64. The molecule has 0 N–H and O–H groups in total. The molecule has 0 nitrogen and oxygen atoms in total. The molecule has 0 fully saturated rings. The monoisotopic (exact) mass is 1620 g/mol. The lowest BCUT2D eigenvalue weighted by Crippen LogP contribution is -3.03. The Bertz CT molecular complexity index is 2350. The van der Waals surface area contributed by atoms with Crippen LogP contribution in [0.2, 0.25) is 0 Å². The Morgan fingerprint density at radius 2 is 0.126 bits per heavy atom. The minimum Gasteiger partial charge on any atom is 0.000000107 e. The molecule has 135 heavy (non-hydrogen) atoms. The van der Waals surface area contributed by atoms with Gasteiger partial charge in [0.2, 0.25) is 0 Å². The van der Waals surface area contributed by atoms with E-state index in [2.05, 4.69) is 526 Å². The topological polar surface area (TPSA) is 0 Å². The SMILES string of the molecule is BB(B)BB(B(B(B)B)B(B)B)B(B(B)B)B(B(B(B)B)B(B)B)B(B(B(B(B)B)B(B)B)B(B(B)B)B(B)B)B(B(B(B(B(B)B)B(B)B)B(B(B)B)B(B)B)B(B(B(B)B)B(B)B)B(B(B)B)B(B)B)B(B(B(B(B(B)B)B(B)B)B(B(B)B)B(B)B)B(B(B(B)B)B(B)B)B(B(B)B)B(B)B)B(B(B(B(B)B)B(B)B)B(B(B)B)B(B)B)B(B(B(B)B)B(B)B)B(B(B)B)B(B)B. The summed E-state index contributed by atoms with van der Waals surface area (Å²) in [6.07, 6.45) is 29.3. The second kappa shape index (κ2) is 66.5. The van der Waals surface area contributed by atoms with Crippen LogP contribution in [0.5, 0.6) is 0 Å². The second-order valence-electron chi connectivity index (χ2n) is 61.2. The minimum atomic E-state index is 0.275. The molecule has 0 aromatic carbocycles. The van der Waals surface area contributed by atoms with Crippen LogP contribution in [0.25, 0.3) is 0 Å². The zero-order chi connectivity index (χ0) is 107. The summed E-state index contributed by atoms with van der Waals surface area (Å²) in [4.78, 5) is 0. The Morgan fingerprint density at radius 1 is 0.0667 bits per heavy atom. The summed E-state index contributed by atoms with van der Waals surface area (Å²) in [5.74, 6) is 0. The van der Waals surface area contributed by atoms with Gasteiger partial charge in [0, 0.05) is 428 Å². The van der Waals surface area contributed by atoms with E-state index in [-0.39, 0.29) is 12.8 Å². The van der Waals surface area contributed by atoms with Gasteiger partial charge in [0.25, 0.3) is 0 Å². The van der Waals surface area contributed by atoms with Crippen molar-refractivity contribution in [3.05, 3.63) is 0 Å². The summed E-state index contributed by atoms with van der Waals surface area (Å²) >= 11 is 0. The van der Waals surface area contributed by atoms with Crippen LogP contribution in [-0.4, -0.2) is 955 Å². The average Bonchev–Trinajstić information content (AvgIpc) is 0.697. The first kappa shape index (κ1) is 144. The van der Waals surface area contributed by atoms with Crippen LogP contribution >= 0.6 is 0 Å². The Balaban J connectivity index is 17.7. The molecule has 0 aromatic heterocycles. The van der Waals surface area contributed by atoms with E-state index in [0.717, 1.165) is 0 Å². The van der Waals surface area contributed by atoms with Gasteiger partial charge in [-0.05, 0) is 0 Å². The van der Waals surface area contributed by atoms with E-state index in [0.29, 0.717) is 409 Å². The fraction of sp³-hybridized carbons (Fsp3) is 0. The van der Waals surface area contributed by atoms with Crippen LogP contribution in [0.1, 0.15) is 0 Å². The van der Waals surface area contributed by atoms with Gasteiger partial charge in [-0.3, -0.25) is 0 Å². The van der Waals surface area contributed by atoms with Gasteiger partial charge in [-0.15, -0.1) is 0 Å². The molecule has 0 aliphatic carbocycles. The molecule has 135 heteroatoms. The van der Waals surface area contributed by atoms with Crippen molar-refractivity contribution in [3.63, 3.8) is 0 Å². The van der Waals surface area contributed by atoms with Crippen molar-refractivity contribution < 1.29 is 0 Å². The molecule has 0 saturated heterocycles. The van der Waals surface area contributed by atoms with Gasteiger partial charge >= 0.3 is 0 Å². The maximum Gasteiger partial charge on any atom is 0.0556 e. The molecule has 542 valence electrons. The highest BCUT2D eigenvalue weighted by molar-refractivity contribution is 8.47. The predicted molar refractivity (Wildman–Crippen MR) is 968 cm³/mol. The normalized spacial score (nSPS) is 9.87. The Kier molecular flexibility index (Phi) is 70.8. The van der Waals surface area contributed by atoms with E-state index in [1.165, 1.54) is 7.06 Å². The predicted octanol–water partition coefficient (Wildman–Crippen LogP) is -88.1. The quantitative estimate of drug-likeness (QED) is 0.0533. The van der Waals surface area contributed by atoms with Gasteiger partial charge in [0.05, 0.1) is 526 Å². The summed E-state index contributed by atoms with van der Waals surface area (Å²) < 4.78 is 0. The van der Waals surface area contributed by atoms with Crippen molar-refractivity contribution in [1.29, 1.82) is 0 Å². The highest BCUT2D eigenvalue weighted by Gasteiger charge is 2.73. The van der Waals surface area contributed by atoms with Crippen LogP contribution in [0, 0.1) is 0 Å². The standard InChI is InChI=1S/B135H137/c1-70(2)69-104(105(71(3)4)72(5)6)121(103(67)68)129(120(101(63)64)102(65)66)133(128(118(97(55)56)98(57)58)119(99(59)60)100(61)62)135(132(126(114(89(39)40)90(41)42)115(91(43)44)92(45)46)127(116(93(47)48)94(49)50)117(95(51)52)96(53)54)134(130(122(106(73(7)8)74(9)10)107(75(11)12)76(13)14)123(108(77(15)16)78(17)18)109(79(19)20)80(21)22)131(124(110(81(23)24)82(25)26)111(83(27)28)84(29)30)125(112(85(31)32)86(33)34)113(87(35)36)88(37)38/h69H,1-68H2. The molecule has 0 aliphatic rings. The summed E-state index contributed by atoms with van der Waals surface area (Å²) in [5.41, 5.74) is 0. The molecule has 0 aromatic rings. The van der Waals surface area contributed by atoms with Crippen LogP contribution < -0.4 is 0 Å². The molecule has 0 rings (SSSR count). The molecule has 0 atom stereocenters. The first-order valence-corrected chi connectivity index (χ1v) is 61.4. The third kappa shape index (κ3) is 39.2. The molecule has 0 spiro atoms. The lowest BCUT2D eigenvalue weighted by molar-refractivity contribution is 3.11. The zero-order valence-electron chi connectivity index (χ0n) is 107. The molecule has 0 amide bonds. The number of rotatable bonds is 66. The molecular formula is H137B135. The summed E-state index contributed by atoms with van der Waals surface area (Å²) in [6, 6.07) is 0. The zero-order valence-corrected chi connectivity index (χ0v) is 107. The van der Waals surface area contributed by atoms with E-state index in [4.69, 9.17) is 0 Å². The Morgan fingerprint density at radius 3 is 0.185 bits per heavy atom. The minimum absolute atomic E-state index is 0.275. The fourth-order valence-corrected chi connectivity index (χ4v) is 39.8. The van der Waals surface area contributed by atoms with Crippen molar-refractivity contribution in [2.45, 2.75) is 0 Å². The van der Waals surface area contributed by atoms with E-state index in [9.17, 15) is 0 Å². The molecule has 0 aliphatic heterocycles. The van der Waals surface area contributed by atoms with Crippen LogP contribution in [0.15, 0.2) is 0 Å². The Hall–Kier alpha value is 8.77. The number of hydrogen-bond acceptors (Lipinski definition) is 0. The van der Waals surface area contributed by atoms with Crippen molar-refractivity contribution in [3.8, 4) is 0 Å². The van der Waals surface area contributed by atoms with Crippen molar-refractivity contribution in [2.24, 2.45) is 0 Å². The van der Waals surface area contributed by atoms with Crippen LogP contribution in [0.3, 0.4) is 0 Å². The lowest BCUT2D eigenvalue weighted by atomic mass is 8.16. The Labute approximate surface area is 944 Å². The summed E-state index contributed by atoms with van der Waals surface area (Å²) in [5, 5.41) is 0. The van der Waals surface area contributed by atoms with Crippen LogP contribution in [-0.2, 0) is 0 Å². The second-order valence-corrected chi connectivity index (χ2v) is 61.2. The smallest absolute Gasteiger partial charge is 0.000000107 e. The highest BCUT2D eigenvalue weighted by atomic mass is 13.5. The highest BCUT2D eigenvalue weighted by Crippen LogP contribution is 2.34. The molecule has 0 heterocycles. The summed E-state index contributed by atoms with van der Waals surface area (Å²) in [6.45, 7) is 0. The van der Waals surface area contributed by atoms with Gasteiger partial charge in [-0.25, -0.2) is 0 Å². The van der Waals surface area contributed by atoms with Gasteiger partial charge in [0.1, 0.15) is 0 Å². The average molecular weight is 1600 g/mol. The van der Waals surface area contributed by atoms with Gasteiger partial charge < -0.3 is 0 Å². The molecule has 0 radical (unpaired) electrons. The first-order valence-electron chi connectivity index (χ1n) is 61.4. The molecule has 0 bridgehead atoms. The molecule has 0 unspecified atom stereocenters. The summed E-state index contributed by atoms with van der Waals surface area (Å²) in [7, 11) is 196. The van der Waals surface area contributed by atoms with Gasteiger partial charge in [0.15, 0.2) is 0 Å². The van der Waals surface area contributed by atoms with Gasteiger partial charge in [-0.1, -0.05) is 0 Å². The molecular weight excluding hydrogens is 1460 g/mol. The number of hydrogen-bond donors (Lipinski definition) is 0. The van der Waals surface area contributed by atoms with Gasteiger partial charge in [-0.2, -0.15) is 0 Å². The molecule has 0 saturated carbocycles. The third-order valence-electron chi connectivity index (χ3n) is 40.0.